The summed E-state index contributed by atoms with van der Waals surface area (Å²) in [6.07, 6.45) is 3.98. The molecule has 0 amide bonds. The molecule has 0 aliphatic carbocycles. The maximum absolute atomic E-state index is 3.57. The molecule has 2 aliphatic rings. The van der Waals surface area contributed by atoms with Crippen LogP contribution in [0.5, 0.6) is 0 Å². The zero-order valence-electron chi connectivity index (χ0n) is 11.3. The van der Waals surface area contributed by atoms with E-state index in [4.69, 9.17) is 0 Å². The van der Waals surface area contributed by atoms with Crippen molar-refractivity contribution in [1.29, 1.82) is 0 Å². The van der Waals surface area contributed by atoms with E-state index in [1.807, 2.05) is 0 Å². The minimum Gasteiger partial charge on any atom is -0.313 e. The normalized spacial score (nSPS) is 30.7. The Morgan fingerprint density at radius 1 is 1.06 bits per heavy atom. The molecule has 2 aliphatic heterocycles. The van der Waals surface area contributed by atoms with Crippen LogP contribution in [0, 0.1) is 0 Å². The molecule has 0 saturated carbocycles. The van der Waals surface area contributed by atoms with Crippen molar-refractivity contribution in [3.05, 3.63) is 35.9 Å². The van der Waals surface area contributed by atoms with E-state index in [-0.39, 0.29) is 0 Å². The molecule has 98 valence electrons. The van der Waals surface area contributed by atoms with Crippen molar-refractivity contribution in [2.75, 3.05) is 19.6 Å². The molecule has 2 atom stereocenters. The van der Waals surface area contributed by atoms with Gasteiger partial charge in [-0.15, -0.1) is 0 Å². The van der Waals surface area contributed by atoms with E-state index in [1.54, 1.807) is 0 Å². The first-order valence-electron chi connectivity index (χ1n) is 7.37. The van der Waals surface area contributed by atoms with Crippen LogP contribution in [0.25, 0.3) is 0 Å². The van der Waals surface area contributed by atoms with Gasteiger partial charge < -0.3 is 5.32 Å². The maximum Gasteiger partial charge on any atom is 0.0258 e. The molecule has 0 radical (unpaired) electrons. The average molecular weight is 244 g/mol. The summed E-state index contributed by atoms with van der Waals surface area (Å²) in [7, 11) is 0. The molecule has 1 aromatic rings. The quantitative estimate of drug-likeness (QED) is 0.860. The largest absolute Gasteiger partial charge is 0.313 e. The lowest BCUT2D eigenvalue weighted by Gasteiger charge is -2.37. The second-order valence-corrected chi connectivity index (χ2v) is 5.82. The molecule has 2 heterocycles. The maximum atomic E-state index is 3.57. The van der Waals surface area contributed by atoms with Crippen molar-refractivity contribution in [2.24, 2.45) is 0 Å². The van der Waals surface area contributed by atoms with Crippen LogP contribution in [0.3, 0.4) is 0 Å². The Morgan fingerprint density at radius 2 is 1.78 bits per heavy atom. The molecular weight excluding hydrogens is 220 g/mol. The fourth-order valence-corrected chi connectivity index (χ4v) is 3.63. The monoisotopic (exact) mass is 244 g/mol. The zero-order chi connectivity index (χ0) is 12.4. The van der Waals surface area contributed by atoms with Gasteiger partial charge in [0.1, 0.15) is 0 Å². The summed E-state index contributed by atoms with van der Waals surface area (Å²) in [5.74, 6) is 0.784. The standard InChI is InChI=1S/C16H24N2/c1-13-16(7-10-17-13)18-11-8-15(9-12-18)14-5-3-2-4-6-14/h2-6,13,15-17H,7-12H2,1H3/t13?,16-/m0/s1. The Bertz CT molecular complexity index is 368. The highest BCUT2D eigenvalue weighted by Gasteiger charge is 2.31. The van der Waals surface area contributed by atoms with Gasteiger partial charge in [-0.05, 0) is 57.3 Å². The minimum absolute atomic E-state index is 0.679. The molecule has 1 N–H and O–H groups in total. The third-order valence-electron chi connectivity index (χ3n) is 4.75. The van der Waals surface area contributed by atoms with E-state index in [9.17, 15) is 0 Å². The van der Waals surface area contributed by atoms with Gasteiger partial charge in [-0.2, -0.15) is 0 Å². The number of piperidine rings is 1. The summed E-state index contributed by atoms with van der Waals surface area (Å²) in [6, 6.07) is 12.5. The van der Waals surface area contributed by atoms with Crippen LogP contribution >= 0.6 is 0 Å². The van der Waals surface area contributed by atoms with E-state index in [1.165, 1.54) is 44.5 Å². The SMILES string of the molecule is CC1NCC[C@@H]1N1CCC(c2ccccc2)CC1. The van der Waals surface area contributed by atoms with Gasteiger partial charge in [0, 0.05) is 12.1 Å². The van der Waals surface area contributed by atoms with Crippen LogP contribution in [0.1, 0.15) is 37.7 Å². The van der Waals surface area contributed by atoms with E-state index >= 15 is 0 Å². The lowest BCUT2D eigenvalue weighted by Crippen LogP contribution is -2.45. The second kappa shape index (κ2) is 5.41. The number of nitrogens with one attached hydrogen (secondary N) is 1. The summed E-state index contributed by atoms with van der Waals surface area (Å²) >= 11 is 0. The smallest absolute Gasteiger partial charge is 0.0258 e. The van der Waals surface area contributed by atoms with Crippen molar-refractivity contribution in [1.82, 2.24) is 10.2 Å². The molecule has 1 unspecified atom stereocenters. The molecule has 2 fully saturated rings. The number of benzene rings is 1. The van der Waals surface area contributed by atoms with Crippen LogP contribution in [0.4, 0.5) is 0 Å². The van der Waals surface area contributed by atoms with Crippen molar-refractivity contribution in [3.63, 3.8) is 0 Å². The third-order valence-corrected chi connectivity index (χ3v) is 4.75. The Kier molecular flexibility index (Phi) is 3.67. The highest BCUT2D eigenvalue weighted by Crippen LogP contribution is 2.30. The molecule has 1 aromatic carbocycles. The Morgan fingerprint density at radius 3 is 2.39 bits per heavy atom. The lowest BCUT2D eigenvalue weighted by molar-refractivity contribution is 0.144. The van der Waals surface area contributed by atoms with Crippen LogP contribution in [-0.4, -0.2) is 36.6 Å². The van der Waals surface area contributed by atoms with E-state index in [0.717, 1.165) is 12.0 Å². The van der Waals surface area contributed by atoms with Crippen LogP contribution in [0.2, 0.25) is 0 Å². The van der Waals surface area contributed by atoms with Crippen LogP contribution < -0.4 is 5.32 Å². The van der Waals surface area contributed by atoms with Crippen LogP contribution in [0.15, 0.2) is 30.3 Å². The fraction of sp³-hybridized carbons (Fsp3) is 0.625. The van der Waals surface area contributed by atoms with Gasteiger partial charge >= 0.3 is 0 Å². The van der Waals surface area contributed by atoms with Crippen molar-refractivity contribution in [2.45, 2.75) is 44.2 Å². The third kappa shape index (κ3) is 2.45. The fourth-order valence-electron chi connectivity index (χ4n) is 3.63. The zero-order valence-corrected chi connectivity index (χ0v) is 11.3. The van der Waals surface area contributed by atoms with Gasteiger partial charge in [0.15, 0.2) is 0 Å². The molecule has 0 spiro atoms. The topological polar surface area (TPSA) is 15.3 Å². The molecule has 2 heteroatoms. The molecule has 2 nitrogen and oxygen atoms in total. The number of likely N-dealkylation sites (tertiary alicyclic amines) is 1. The summed E-state index contributed by atoms with van der Waals surface area (Å²) in [5.41, 5.74) is 1.54. The van der Waals surface area contributed by atoms with Crippen molar-refractivity contribution in [3.8, 4) is 0 Å². The van der Waals surface area contributed by atoms with E-state index in [0.29, 0.717) is 6.04 Å². The summed E-state index contributed by atoms with van der Waals surface area (Å²) < 4.78 is 0. The number of rotatable bonds is 2. The van der Waals surface area contributed by atoms with Gasteiger partial charge in [-0.25, -0.2) is 0 Å². The minimum atomic E-state index is 0.679. The predicted molar refractivity (Wildman–Crippen MR) is 75.9 cm³/mol. The summed E-state index contributed by atoms with van der Waals surface area (Å²) in [6.45, 7) is 6.08. The van der Waals surface area contributed by atoms with Gasteiger partial charge in [0.2, 0.25) is 0 Å². The van der Waals surface area contributed by atoms with Gasteiger partial charge in [-0.1, -0.05) is 30.3 Å². The molecule has 0 bridgehead atoms. The first-order chi connectivity index (χ1) is 8.84. The van der Waals surface area contributed by atoms with Crippen molar-refractivity contribution < 1.29 is 0 Å². The van der Waals surface area contributed by atoms with E-state index < -0.39 is 0 Å². The summed E-state index contributed by atoms with van der Waals surface area (Å²) in [5, 5.41) is 3.57. The molecule has 3 rings (SSSR count). The summed E-state index contributed by atoms with van der Waals surface area (Å²) in [4.78, 5) is 2.71. The molecule has 18 heavy (non-hydrogen) atoms. The number of hydrogen-bond acceptors (Lipinski definition) is 2. The van der Waals surface area contributed by atoms with Gasteiger partial charge in [0.25, 0.3) is 0 Å². The highest BCUT2D eigenvalue weighted by molar-refractivity contribution is 5.20. The number of hydrogen-bond donors (Lipinski definition) is 1. The van der Waals surface area contributed by atoms with Gasteiger partial charge in [0.05, 0.1) is 0 Å². The Labute approximate surface area is 110 Å². The van der Waals surface area contributed by atoms with E-state index in [2.05, 4.69) is 47.5 Å². The molecule has 0 aromatic heterocycles. The predicted octanol–water partition coefficient (Wildman–Crippen LogP) is 2.62. The highest BCUT2D eigenvalue weighted by atomic mass is 15.2. The average Bonchev–Trinajstić information content (AvgIpc) is 2.86. The van der Waals surface area contributed by atoms with Crippen molar-refractivity contribution >= 4 is 0 Å². The van der Waals surface area contributed by atoms with Crippen LogP contribution in [-0.2, 0) is 0 Å². The Hall–Kier alpha value is -0.860. The Balaban J connectivity index is 1.58. The first-order valence-corrected chi connectivity index (χ1v) is 7.37. The second-order valence-electron chi connectivity index (χ2n) is 5.82. The first kappa shape index (κ1) is 12.2. The molecular formula is C16H24N2. The molecule has 2 saturated heterocycles. The number of nitrogens with zero attached hydrogens (tertiary/aromatic N) is 1. The lowest BCUT2D eigenvalue weighted by atomic mass is 9.88. The van der Waals surface area contributed by atoms with Gasteiger partial charge in [-0.3, -0.25) is 4.90 Å².